The molecule has 0 radical (unpaired) electrons. The van der Waals surface area contributed by atoms with Crippen molar-refractivity contribution in [3.63, 3.8) is 0 Å². The Morgan fingerprint density at radius 1 is 1.03 bits per heavy atom. The summed E-state index contributed by atoms with van der Waals surface area (Å²) < 4.78 is 44.7. The highest BCUT2D eigenvalue weighted by atomic mass is 19.4. The first kappa shape index (κ1) is 20.1. The number of amides is 1. The van der Waals surface area contributed by atoms with Gasteiger partial charge in [0.25, 0.3) is 11.9 Å². The number of alkyl halides is 3. The molecule has 0 aliphatic heterocycles. The van der Waals surface area contributed by atoms with Crippen molar-refractivity contribution >= 4 is 11.6 Å². The number of anilines is 1. The fourth-order valence-electron chi connectivity index (χ4n) is 2.57. The predicted octanol–water partition coefficient (Wildman–Crippen LogP) is 3.76. The second-order valence-corrected chi connectivity index (χ2v) is 6.27. The topological polar surface area (TPSA) is 111 Å². The average Bonchev–Trinajstić information content (AvgIpc) is 3.37. The minimum Gasteiger partial charge on any atom is -0.457 e. The number of para-hydroxylation sites is 1. The number of ether oxygens (including phenoxy) is 1. The summed E-state index contributed by atoms with van der Waals surface area (Å²) in [4.78, 5) is 19.7. The van der Waals surface area contributed by atoms with Crippen molar-refractivity contribution in [2.24, 2.45) is 0 Å². The van der Waals surface area contributed by atoms with Crippen LogP contribution in [0.1, 0.15) is 22.3 Å². The Morgan fingerprint density at radius 3 is 2.35 bits per heavy atom. The highest BCUT2D eigenvalue weighted by Crippen LogP contribution is 2.26. The van der Waals surface area contributed by atoms with Gasteiger partial charge in [-0.3, -0.25) is 9.89 Å². The third-order valence-electron chi connectivity index (χ3n) is 3.99. The highest BCUT2D eigenvalue weighted by Gasteiger charge is 2.35. The number of rotatable bonds is 5. The molecule has 0 aliphatic rings. The molecule has 31 heavy (non-hydrogen) atoms. The predicted molar refractivity (Wildman–Crippen MR) is 102 cm³/mol. The van der Waals surface area contributed by atoms with E-state index in [9.17, 15) is 18.0 Å². The second-order valence-electron chi connectivity index (χ2n) is 6.27. The molecule has 158 valence electrons. The summed E-state index contributed by atoms with van der Waals surface area (Å²) in [6.45, 7) is 1.46. The molecule has 0 bridgehead atoms. The Hall–Kier alpha value is -4.22. The van der Waals surface area contributed by atoms with Crippen LogP contribution in [-0.4, -0.2) is 35.9 Å². The van der Waals surface area contributed by atoms with Gasteiger partial charge in [0.05, 0.1) is 0 Å². The standard InChI is InChI=1S/C19H14F3N7O2/c1-11-23-15(28-29(11)18-25-17(26-27-18)19(20,21)22)16(30)24-12-7-9-14(10-8-12)31-13-5-3-2-4-6-13/h2-10H,1H3,(H,24,30)(H,25,26,27). The van der Waals surface area contributed by atoms with Crippen LogP contribution in [0.3, 0.4) is 0 Å². The van der Waals surface area contributed by atoms with Crippen molar-refractivity contribution in [1.29, 1.82) is 0 Å². The molecule has 4 rings (SSSR count). The Labute approximate surface area is 172 Å². The van der Waals surface area contributed by atoms with E-state index >= 15 is 0 Å². The van der Waals surface area contributed by atoms with Crippen LogP contribution in [0.25, 0.3) is 5.95 Å². The van der Waals surface area contributed by atoms with Gasteiger partial charge < -0.3 is 10.1 Å². The first-order valence-corrected chi connectivity index (χ1v) is 8.87. The third kappa shape index (κ3) is 4.52. The number of hydrogen-bond donors (Lipinski definition) is 2. The van der Waals surface area contributed by atoms with Gasteiger partial charge in [-0.25, -0.2) is 4.98 Å². The molecule has 0 atom stereocenters. The van der Waals surface area contributed by atoms with Gasteiger partial charge in [0.15, 0.2) is 0 Å². The Bertz CT molecular complexity index is 1200. The van der Waals surface area contributed by atoms with Gasteiger partial charge in [0, 0.05) is 5.69 Å². The van der Waals surface area contributed by atoms with Gasteiger partial charge in [0.1, 0.15) is 17.3 Å². The fraction of sp³-hybridized carbons (Fsp3) is 0.105. The first-order chi connectivity index (χ1) is 14.8. The summed E-state index contributed by atoms with van der Waals surface area (Å²) >= 11 is 0. The average molecular weight is 429 g/mol. The summed E-state index contributed by atoms with van der Waals surface area (Å²) in [7, 11) is 0. The van der Waals surface area contributed by atoms with Crippen molar-refractivity contribution in [2.75, 3.05) is 5.32 Å². The molecule has 9 nitrogen and oxygen atoms in total. The highest BCUT2D eigenvalue weighted by molar-refractivity contribution is 6.01. The molecule has 0 aliphatic carbocycles. The molecule has 0 fully saturated rings. The van der Waals surface area contributed by atoms with E-state index in [0.717, 1.165) is 4.68 Å². The van der Waals surface area contributed by atoms with E-state index in [1.54, 1.807) is 29.4 Å². The second kappa shape index (κ2) is 7.89. The van der Waals surface area contributed by atoms with E-state index in [1.807, 2.05) is 30.3 Å². The molecule has 2 N–H and O–H groups in total. The van der Waals surface area contributed by atoms with Crippen LogP contribution in [0.5, 0.6) is 11.5 Å². The number of benzene rings is 2. The van der Waals surface area contributed by atoms with Gasteiger partial charge in [-0.2, -0.15) is 22.8 Å². The Balaban J connectivity index is 1.45. The lowest BCUT2D eigenvalue weighted by molar-refractivity contribution is -0.144. The minimum atomic E-state index is -4.68. The summed E-state index contributed by atoms with van der Waals surface area (Å²) in [6.07, 6.45) is -4.68. The summed E-state index contributed by atoms with van der Waals surface area (Å²) in [6, 6.07) is 15.8. The van der Waals surface area contributed by atoms with Crippen LogP contribution in [-0.2, 0) is 6.18 Å². The van der Waals surface area contributed by atoms with Crippen LogP contribution in [0.4, 0.5) is 18.9 Å². The molecule has 2 aromatic heterocycles. The normalized spacial score (nSPS) is 11.4. The first-order valence-electron chi connectivity index (χ1n) is 8.87. The van der Waals surface area contributed by atoms with Crippen molar-refractivity contribution in [1.82, 2.24) is 29.9 Å². The summed E-state index contributed by atoms with van der Waals surface area (Å²) in [5, 5.41) is 11.8. The lowest BCUT2D eigenvalue weighted by Gasteiger charge is -2.07. The number of nitrogens with zero attached hydrogens (tertiary/aromatic N) is 5. The zero-order chi connectivity index (χ0) is 22.0. The Kier molecular flexibility index (Phi) is 5.11. The number of aromatic amines is 1. The van der Waals surface area contributed by atoms with E-state index in [1.165, 1.54) is 6.92 Å². The SMILES string of the molecule is Cc1nc(C(=O)Nc2ccc(Oc3ccccc3)cc2)nn1-c1n[nH]c(C(F)(F)F)n1. The molecule has 4 aromatic rings. The number of aryl methyl sites for hydroxylation is 1. The number of aromatic nitrogens is 6. The van der Waals surface area contributed by atoms with Crippen LogP contribution < -0.4 is 10.1 Å². The lowest BCUT2D eigenvalue weighted by Crippen LogP contribution is -2.14. The van der Waals surface area contributed by atoms with Gasteiger partial charge >= 0.3 is 6.18 Å². The molecular formula is C19H14F3N7O2. The molecular weight excluding hydrogens is 415 g/mol. The number of carbonyl (C=O) groups excluding carboxylic acids is 1. The van der Waals surface area contributed by atoms with Crippen molar-refractivity contribution < 1.29 is 22.7 Å². The molecule has 0 unspecified atom stereocenters. The zero-order valence-electron chi connectivity index (χ0n) is 15.9. The van der Waals surface area contributed by atoms with Gasteiger partial charge in [-0.1, -0.05) is 18.2 Å². The van der Waals surface area contributed by atoms with Crippen LogP contribution in [0, 0.1) is 6.92 Å². The summed E-state index contributed by atoms with van der Waals surface area (Å²) in [5.41, 5.74) is 0.455. The maximum absolute atomic E-state index is 12.7. The van der Waals surface area contributed by atoms with Crippen molar-refractivity contribution in [2.45, 2.75) is 13.1 Å². The zero-order valence-corrected chi connectivity index (χ0v) is 15.9. The quantitative estimate of drug-likeness (QED) is 0.500. The number of hydrogen-bond acceptors (Lipinski definition) is 6. The lowest BCUT2D eigenvalue weighted by atomic mass is 10.3. The molecule has 2 aromatic carbocycles. The smallest absolute Gasteiger partial charge is 0.451 e. The third-order valence-corrected chi connectivity index (χ3v) is 3.99. The van der Waals surface area contributed by atoms with E-state index in [4.69, 9.17) is 4.74 Å². The Morgan fingerprint density at radius 2 is 1.71 bits per heavy atom. The maximum Gasteiger partial charge on any atom is 0.451 e. The monoisotopic (exact) mass is 429 g/mol. The molecule has 1 amide bonds. The molecule has 2 heterocycles. The fourth-order valence-corrected chi connectivity index (χ4v) is 2.57. The van der Waals surface area contributed by atoms with Gasteiger partial charge in [-0.05, 0) is 43.3 Å². The van der Waals surface area contributed by atoms with Crippen molar-refractivity contribution in [3.05, 3.63) is 72.1 Å². The van der Waals surface area contributed by atoms with E-state index in [2.05, 4.69) is 25.5 Å². The van der Waals surface area contributed by atoms with Crippen molar-refractivity contribution in [3.8, 4) is 17.4 Å². The largest absolute Gasteiger partial charge is 0.457 e. The summed E-state index contributed by atoms with van der Waals surface area (Å²) in [5.74, 6) is -1.16. The number of halogens is 3. The van der Waals surface area contributed by atoms with Crippen LogP contribution in [0.15, 0.2) is 54.6 Å². The van der Waals surface area contributed by atoms with E-state index in [-0.39, 0.29) is 17.6 Å². The minimum absolute atomic E-state index is 0.143. The van der Waals surface area contributed by atoms with Gasteiger partial charge in [0.2, 0.25) is 11.6 Å². The number of H-pyrrole nitrogens is 1. The molecule has 12 heteroatoms. The molecule has 0 saturated carbocycles. The van der Waals surface area contributed by atoms with Gasteiger partial charge in [-0.15, -0.1) is 10.2 Å². The molecule has 0 spiro atoms. The van der Waals surface area contributed by atoms with E-state index in [0.29, 0.717) is 17.2 Å². The number of carbonyl (C=O) groups is 1. The number of nitrogens with one attached hydrogen (secondary N) is 2. The molecule has 0 saturated heterocycles. The van der Waals surface area contributed by atoms with Crippen LogP contribution >= 0.6 is 0 Å². The van der Waals surface area contributed by atoms with Crippen LogP contribution in [0.2, 0.25) is 0 Å². The van der Waals surface area contributed by atoms with E-state index < -0.39 is 17.9 Å². The maximum atomic E-state index is 12.7.